The Balaban J connectivity index is 1.26. The number of hydrogen-bond acceptors (Lipinski definition) is 8. The summed E-state index contributed by atoms with van der Waals surface area (Å²) in [5.74, 6) is 0.833. The summed E-state index contributed by atoms with van der Waals surface area (Å²) in [4.78, 5) is 28.8. The summed E-state index contributed by atoms with van der Waals surface area (Å²) in [6.45, 7) is 13.6. The number of alkyl halides is 3. The van der Waals surface area contributed by atoms with E-state index in [1.807, 2.05) is 24.0 Å². The van der Waals surface area contributed by atoms with Crippen molar-refractivity contribution < 1.29 is 27.4 Å². The van der Waals surface area contributed by atoms with Crippen molar-refractivity contribution in [3.63, 3.8) is 0 Å². The van der Waals surface area contributed by atoms with Crippen molar-refractivity contribution >= 4 is 33.5 Å². The number of aryl methyl sites for hydroxylation is 1. The van der Waals surface area contributed by atoms with Gasteiger partial charge < -0.3 is 24.2 Å². The number of ether oxygens (including phenoxy) is 2. The molecule has 1 saturated carbocycles. The molecule has 2 aromatic carbocycles. The van der Waals surface area contributed by atoms with Crippen LogP contribution in [0.2, 0.25) is 0 Å². The molecule has 0 bridgehead atoms. The van der Waals surface area contributed by atoms with Gasteiger partial charge in [-0.25, -0.2) is 0 Å². The Kier molecular flexibility index (Phi) is 8.39. The Labute approximate surface area is 295 Å². The molecule has 5 heterocycles. The van der Waals surface area contributed by atoms with Gasteiger partial charge in [0, 0.05) is 66.6 Å². The predicted molar refractivity (Wildman–Crippen MR) is 189 cm³/mol. The molecule has 270 valence electrons. The Morgan fingerprint density at radius 3 is 2.47 bits per heavy atom. The van der Waals surface area contributed by atoms with Gasteiger partial charge in [-0.05, 0) is 87.2 Å². The van der Waals surface area contributed by atoms with Crippen molar-refractivity contribution in [3.8, 4) is 22.9 Å². The average molecular weight is 704 g/mol. The minimum atomic E-state index is -4.57. The number of aromatic nitrogens is 4. The first-order valence-electron chi connectivity index (χ1n) is 18.0. The zero-order valence-electron chi connectivity index (χ0n) is 29.4. The lowest BCUT2D eigenvalue weighted by Gasteiger charge is -2.60. The summed E-state index contributed by atoms with van der Waals surface area (Å²) in [5, 5.41) is 8.74. The van der Waals surface area contributed by atoms with Crippen LogP contribution in [0.4, 0.5) is 19.0 Å². The SMILES string of the molecule is C=C(C)C(=O)N1CC2(C1)CN(c1nc(OC3CCN(CCC)CC3)nc3c(OCC(F)(F)F)c(-c4c(C)ccc5[nH]ncc45)c(C4CC4)cc13)C2. The predicted octanol–water partition coefficient (Wildman–Crippen LogP) is 6.78. The molecule has 1 aliphatic carbocycles. The van der Waals surface area contributed by atoms with Crippen molar-refractivity contribution in [2.24, 2.45) is 5.41 Å². The molecule has 13 heteroatoms. The monoisotopic (exact) mass is 703 g/mol. The quantitative estimate of drug-likeness (QED) is 0.181. The third-order valence-electron chi connectivity index (χ3n) is 10.8. The molecule has 0 radical (unpaired) electrons. The van der Waals surface area contributed by atoms with E-state index in [0.29, 0.717) is 54.0 Å². The van der Waals surface area contributed by atoms with E-state index in [2.05, 4.69) is 39.6 Å². The number of piperidine rings is 1. The van der Waals surface area contributed by atoms with E-state index in [4.69, 9.17) is 19.4 Å². The number of H-pyrrole nitrogens is 1. The molecule has 3 aliphatic heterocycles. The summed E-state index contributed by atoms with van der Waals surface area (Å²) < 4.78 is 54.4. The number of hydrogen-bond donors (Lipinski definition) is 1. The van der Waals surface area contributed by atoms with Crippen molar-refractivity contribution in [3.05, 3.63) is 47.7 Å². The van der Waals surface area contributed by atoms with E-state index in [0.717, 1.165) is 79.3 Å². The van der Waals surface area contributed by atoms with Crippen LogP contribution in [0.25, 0.3) is 32.9 Å². The summed E-state index contributed by atoms with van der Waals surface area (Å²) in [7, 11) is 0. The number of aromatic amines is 1. The van der Waals surface area contributed by atoms with E-state index >= 15 is 0 Å². The largest absolute Gasteiger partial charge is 0.481 e. The maximum Gasteiger partial charge on any atom is 0.422 e. The van der Waals surface area contributed by atoms with E-state index < -0.39 is 12.8 Å². The van der Waals surface area contributed by atoms with Crippen LogP contribution in [-0.4, -0.2) is 101 Å². The standard InChI is InChI=1S/C38H44F3N7O3/c1-5-12-46-13-10-25(11-14-46)51-36-43-32-27(34(44-36)47-17-37(18-47)19-48(20-37)35(49)22(2)3)15-26(24-7-8-24)31(33(32)50-21-38(39,40)41)30-23(4)6-9-29-28(30)16-42-45-29/h6,9,15-16,24-25H,2,5,7-8,10-14,17-21H2,1,3-4H3,(H,42,45). The van der Waals surface area contributed by atoms with E-state index in [9.17, 15) is 18.0 Å². The molecule has 2 aromatic heterocycles. The Morgan fingerprint density at radius 2 is 1.80 bits per heavy atom. The van der Waals surface area contributed by atoms with Crippen LogP contribution >= 0.6 is 0 Å². The smallest absolute Gasteiger partial charge is 0.422 e. The van der Waals surface area contributed by atoms with Gasteiger partial charge in [-0.15, -0.1) is 0 Å². The minimum absolute atomic E-state index is 0.0387. The summed E-state index contributed by atoms with van der Waals surface area (Å²) in [5.41, 5.74) is 4.76. The topological polar surface area (TPSA) is 99.7 Å². The van der Waals surface area contributed by atoms with Gasteiger partial charge in [0.15, 0.2) is 12.4 Å². The van der Waals surface area contributed by atoms with Gasteiger partial charge in [-0.3, -0.25) is 9.89 Å². The average Bonchev–Trinajstić information content (AvgIpc) is 3.79. The first-order chi connectivity index (χ1) is 24.4. The summed E-state index contributed by atoms with van der Waals surface area (Å²) >= 11 is 0. The highest BCUT2D eigenvalue weighted by atomic mass is 19.4. The molecule has 0 atom stereocenters. The molecule has 1 N–H and O–H groups in total. The van der Waals surface area contributed by atoms with Gasteiger partial charge in [0.25, 0.3) is 0 Å². The molecule has 4 aromatic rings. The highest BCUT2D eigenvalue weighted by Crippen LogP contribution is 2.54. The Morgan fingerprint density at radius 1 is 1.06 bits per heavy atom. The van der Waals surface area contributed by atoms with Crippen molar-refractivity contribution in [1.29, 1.82) is 0 Å². The number of anilines is 1. The number of benzene rings is 2. The van der Waals surface area contributed by atoms with Gasteiger partial charge in [0.1, 0.15) is 17.4 Å². The number of likely N-dealkylation sites (tertiary alicyclic amines) is 2. The molecule has 51 heavy (non-hydrogen) atoms. The van der Waals surface area contributed by atoms with Crippen molar-refractivity contribution in [2.45, 2.75) is 71.1 Å². The highest BCUT2D eigenvalue weighted by Gasteiger charge is 2.54. The first kappa shape index (κ1) is 33.7. The number of carbonyl (C=O) groups excluding carboxylic acids is 1. The van der Waals surface area contributed by atoms with Crippen LogP contribution < -0.4 is 14.4 Å². The third-order valence-corrected chi connectivity index (χ3v) is 10.8. The molecule has 4 aliphatic rings. The lowest BCUT2D eigenvalue weighted by molar-refractivity contribution is -0.153. The minimum Gasteiger partial charge on any atom is -0.481 e. The lowest BCUT2D eigenvalue weighted by atomic mass is 9.72. The second kappa shape index (κ2) is 12.7. The zero-order chi connectivity index (χ0) is 35.7. The van der Waals surface area contributed by atoms with Crippen LogP contribution in [0.15, 0.2) is 36.5 Å². The van der Waals surface area contributed by atoms with E-state index in [1.165, 1.54) is 0 Å². The number of fused-ring (bicyclic) bond motifs is 2. The molecule has 10 nitrogen and oxygen atoms in total. The van der Waals surface area contributed by atoms with Gasteiger partial charge in [-0.1, -0.05) is 19.6 Å². The number of amides is 1. The third kappa shape index (κ3) is 6.38. The fraction of sp³-hybridized carbons (Fsp3) is 0.526. The summed E-state index contributed by atoms with van der Waals surface area (Å²) in [6, 6.07) is 6.10. The highest BCUT2D eigenvalue weighted by molar-refractivity contribution is 6.06. The molecule has 3 saturated heterocycles. The van der Waals surface area contributed by atoms with Crippen LogP contribution in [0.1, 0.15) is 63.0 Å². The molecular weight excluding hydrogens is 659 g/mol. The fourth-order valence-corrected chi connectivity index (χ4v) is 8.25. The lowest BCUT2D eigenvalue weighted by Crippen LogP contribution is -2.73. The first-order valence-corrected chi connectivity index (χ1v) is 18.0. The van der Waals surface area contributed by atoms with E-state index in [1.54, 1.807) is 13.1 Å². The maximum atomic E-state index is 14.0. The zero-order valence-corrected chi connectivity index (χ0v) is 29.4. The Hall–Kier alpha value is -4.39. The van der Waals surface area contributed by atoms with E-state index in [-0.39, 0.29) is 35.1 Å². The molecular formula is C38H44F3N7O3. The van der Waals surface area contributed by atoms with Crippen LogP contribution in [0.3, 0.4) is 0 Å². The number of carbonyl (C=O) groups is 1. The summed E-state index contributed by atoms with van der Waals surface area (Å²) in [6.07, 6.45) is 1.57. The van der Waals surface area contributed by atoms with Gasteiger partial charge in [-0.2, -0.15) is 28.2 Å². The molecule has 1 spiro atoms. The number of rotatable bonds is 10. The second-order valence-electron chi connectivity index (χ2n) is 15.1. The molecule has 1 amide bonds. The van der Waals surface area contributed by atoms with Gasteiger partial charge >= 0.3 is 12.2 Å². The van der Waals surface area contributed by atoms with Gasteiger partial charge in [0.05, 0.1) is 11.7 Å². The van der Waals surface area contributed by atoms with Crippen molar-refractivity contribution in [2.75, 3.05) is 57.3 Å². The Bertz CT molecular complexity index is 2000. The van der Waals surface area contributed by atoms with Crippen LogP contribution in [0, 0.1) is 12.3 Å². The molecule has 8 rings (SSSR count). The second-order valence-corrected chi connectivity index (χ2v) is 15.1. The molecule has 4 fully saturated rings. The van der Waals surface area contributed by atoms with Crippen LogP contribution in [-0.2, 0) is 4.79 Å². The normalized spacial score (nSPS) is 19.4. The fourth-order valence-electron chi connectivity index (χ4n) is 8.25. The maximum absolute atomic E-state index is 14.0. The number of nitrogens with one attached hydrogen (secondary N) is 1. The van der Waals surface area contributed by atoms with Crippen LogP contribution in [0.5, 0.6) is 11.8 Å². The van der Waals surface area contributed by atoms with Crippen molar-refractivity contribution in [1.82, 2.24) is 30.0 Å². The number of nitrogens with zero attached hydrogens (tertiary/aromatic N) is 6. The molecule has 0 unspecified atom stereocenters. The van der Waals surface area contributed by atoms with Gasteiger partial charge in [0.2, 0.25) is 5.91 Å². The number of halogens is 3.